The normalized spacial score (nSPS) is 18.7. The first kappa shape index (κ1) is 12.5. The average molecular weight is 240 g/mol. The Kier molecular flexibility index (Phi) is 4.53. The summed E-state index contributed by atoms with van der Waals surface area (Å²) < 4.78 is 12.7. The standard InChI is InChI=1S/C12H20N2O3/c1-2-4-14-5-3-13-11(14)8-10(15)9-12-16-6-7-17-12/h3,5,10,12,15H,2,4,6-9H2,1H3. The maximum absolute atomic E-state index is 9.96. The summed E-state index contributed by atoms with van der Waals surface area (Å²) in [7, 11) is 0. The Labute approximate surface area is 101 Å². The van der Waals surface area contributed by atoms with E-state index >= 15 is 0 Å². The van der Waals surface area contributed by atoms with Gasteiger partial charge >= 0.3 is 0 Å². The van der Waals surface area contributed by atoms with Gasteiger partial charge in [0.1, 0.15) is 5.82 Å². The molecule has 1 fully saturated rings. The molecular weight excluding hydrogens is 220 g/mol. The van der Waals surface area contributed by atoms with Gasteiger partial charge in [-0.1, -0.05) is 6.92 Å². The summed E-state index contributed by atoms with van der Waals surface area (Å²) in [6, 6.07) is 0. The Bertz CT molecular complexity index is 334. The Balaban J connectivity index is 1.83. The molecule has 96 valence electrons. The quantitative estimate of drug-likeness (QED) is 0.804. The average Bonchev–Trinajstić information content (AvgIpc) is 2.92. The highest BCUT2D eigenvalue weighted by Gasteiger charge is 2.21. The van der Waals surface area contributed by atoms with Gasteiger partial charge in [-0.3, -0.25) is 0 Å². The molecule has 1 aromatic rings. The minimum absolute atomic E-state index is 0.250. The van der Waals surface area contributed by atoms with Crippen molar-refractivity contribution in [1.82, 2.24) is 9.55 Å². The first-order chi connectivity index (χ1) is 8.29. The zero-order valence-electron chi connectivity index (χ0n) is 10.2. The number of aromatic nitrogens is 2. The van der Waals surface area contributed by atoms with Gasteiger partial charge in [0, 0.05) is 31.8 Å². The zero-order valence-corrected chi connectivity index (χ0v) is 10.2. The maximum Gasteiger partial charge on any atom is 0.160 e. The summed E-state index contributed by atoms with van der Waals surface area (Å²) in [6.07, 6.45) is 5.15. The van der Waals surface area contributed by atoms with Crippen molar-refractivity contribution < 1.29 is 14.6 Å². The summed E-state index contributed by atoms with van der Waals surface area (Å²) in [6.45, 7) is 4.32. The molecule has 1 atom stereocenters. The SMILES string of the molecule is CCCn1ccnc1CC(O)CC1OCCO1. The van der Waals surface area contributed by atoms with Crippen LogP contribution in [0.25, 0.3) is 0 Å². The predicted molar refractivity (Wildman–Crippen MR) is 62.5 cm³/mol. The van der Waals surface area contributed by atoms with Crippen molar-refractivity contribution in [3.63, 3.8) is 0 Å². The molecule has 1 aromatic heterocycles. The molecule has 1 aliphatic heterocycles. The fourth-order valence-corrected chi connectivity index (χ4v) is 2.03. The smallest absolute Gasteiger partial charge is 0.160 e. The van der Waals surface area contributed by atoms with Gasteiger partial charge in [0.15, 0.2) is 6.29 Å². The van der Waals surface area contributed by atoms with Gasteiger partial charge in [-0.2, -0.15) is 0 Å². The second kappa shape index (κ2) is 6.14. The minimum Gasteiger partial charge on any atom is -0.392 e. The predicted octanol–water partition coefficient (Wildman–Crippen LogP) is 0.959. The first-order valence-corrected chi connectivity index (χ1v) is 6.21. The number of imidazole rings is 1. The van der Waals surface area contributed by atoms with E-state index in [1.54, 1.807) is 6.20 Å². The van der Waals surface area contributed by atoms with Gasteiger partial charge in [-0.05, 0) is 6.42 Å². The van der Waals surface area contributed by atoms with Crippen LogP contribution in [0, 0.1) is 0 Å². The molecule has 0 radical (unpaired) electrons. The molecule has 0 saturated carbocycles. The molecule has 1 saturated heterocycles. The van der Waals surface area contributed by atoms with E-state index in [4.69, 9.17) is 9.47 Å². The fourth-order valence-electron chi connectivity index (χ4n) is 2.03. The van der Waals surface area contributed by atoms with Crippen LogP contribution in [-0.2, 0) is 22.4 Å². The van der Waals surface area contributed by atoms with Crippen LogP contribution in [0.5, 0.6) is 0 Å². The second-order valence-corrected chi connectivity index (χ2v) is 4.30. The molecule has 2 rings (SSSR count). The Morgan fingerprint density at radius 3 is 3.00 bits per heavy atom. The monoisotopic (exact) mass is 240 g/mol. The van der Waals surface area contributed by atoms with Gasteiger partial charge in [0.2, 0.25) is 0 Å². The Hall–Kier alpha value is -0.910. The lowest BCUT2D eigenvalue weighted by Crippen LogP contribution is -2.22. The van der Waals surface area contributed by atoms with Crippen LogP contribution in [0.2, 0.25) is 0 Å². The number of hydrogen-bond acceptors (Lipinski definition) is 4. The summed E-state index contributed by atoms with van der Waals surface area (Å²) >= 11 is 0. The molecule has 0 aliphatic carbocycles. The topological polar surface area (TPSA) is 56.5 Å². The van der Waals surface area contributed by atoms with Gasteiger partial charge in [0.05, 0.1) is 19.3 Å². The van der Waals surface area contributed by atoms with Crippen molar-refractivity contribution >= 4 is 0 Å². The number of aliphatic hydroxyl groups is 1. The second-order valence-electron chi connectivity index (χ2n) is 4.30. The van der Waals surface area contributed by atoms with Crippen LogP contribution < -0.4 is 0 Å². The van der Waals surface area contributed by atoms with Crippen molar-refractivity contribution in [2.45, 2.75) is 45.1 Å². The number of aliphatic hydroxyl groups excluding tert-OH is 1. The van der Waals surface area contributed by atoms with Crippen LogP contribution in [0.1, 0.15) is 25.6 Å². The molecule has 1 aliphatic rings. The molecule has 5 heteroatoms. The summed E-state index contributed by atoms with van der Waals surface area (Å²) in [4.78, 5) is 4.27. The molecule has 1 unspecified atom stereocenters. The van der Waals surface area contributed by atoms with E-state index in [1.807, 2.05) is 6.20 Å². The first-order valence-electron chi connectivity index (χ1n) is 6.21. The Morgan fingerprint density at radius 2 is 2.29 bits per heavy atom. The largest absolute Gasteiger partial charge is 0.392 e. The van der Waals surface area contributed by atoms with E-state index in [0.29, 0.717) is 26.1 Å². The molecule has 0 aromatic carbocycles. The molecular formula is C12H20N2O3. The fraction of sp³-hybridized carbons (Fsp3) is 0.750. The van der Waals surface area contributed by atoms with Crippen LogP contribution >= 0.6 is 0 Å². The lowest BCUT2D eigenvalue weighted by Gasteiger charge is -2.15. The summed E-state index contributed by atoms with van der Waals surface area (Å²) in [5.74, 6) is 0.928. The highest BCUT2D eigenvalue weighted by atomic mass is 16.7. The van der Waals surface area contributed by atoms with E-state index in [0.717, 1.165) is 18.8 Å². The van der Waals surface area contributed by atoms with E-state index < -0.39 is 6.10 Å². The van der Waals surface area contributed by atoms with Crippen LogP contribution in [-0.4, -0.2) is 40.3 Å². The molecule has 0 bridgehead atoms. The maximum atomic E-state index is 9.96. The van der Waals surface area contributed by atoms with Crippen molar-refractivity contribution in [1.29, 1.82) is 0 Å². The van der Waals surface area contributed by atoms with E-state index in [1.165, 1.54) is 0 Å². The molecule has 2 heterocycles. The number of hydrogen-bond donors (Lipinski definition) is 1. The highest BCUT2D eigenvalue weighted by Crippen LogP contribution is 2.13. The lowest BCUT2D eigenvalue weighted by atomic mass is 10.1. The molecule has 0 amide bonds. The molecule has 0 spiro atoms. The molecule has 1 N–H and O–H groups in total. The van der Waals surface area contributed by atoms with Crippen molar-refractivity contribution in [2.24, 2.45) is 0 Å². The van der Waals surface area contributed by atoms with Gasteiger partial charge in [0.25, 0.3) is 0 Å². The summed E-state index contributed by atoms with van der Waals surface area (Å²) in [5, 5.41) is 9.96. The number of aryl methyl sites for hydroxylation is 1. The van der Waals surface area contributed by atoms with Crippen molar-refractivity contribution in [2.75, 3.05) is 13.2 Å². The van der Waals surface area contributed by atoms with E-state index in [2.05, 4.69) is 16.5 Å². The third-order valence-corrected chi connectivity index (χ3v) is 2.84. The van der Waals surface area contributed by atoms with Crippen LogP contribution in [0.4, 0.5) is 0 Å². The van der Waals surface area contributed by atoms with E-state index in [-0.39, 0.29) is 6.29 Å². The van der Waals surface area contributed by atoms with Gasteiger partial charge in [-0.15, -0.1) is 0 Å². The summed E-state index contributed by atoms with van der Waals surface area (Å²) in [5.41, 5.74) is 0. The number of ether oxygens (including phenoxy) is 2. The van der Waals surface area contributed by atoms with Crippen molar-refractivity contribution in [3.05, 3.63) is 18.2 Å². The van der Waals surface area contributed by atoms with Crippen LogP contribution in [0.3, 0.4) is 0 Å². The minimum atomic E-state index is -0.462. The zero-order chi connectivity index (χ0) is 12.1. The highest BCUT2D eigenvalue weighted by molar-refractivity contribution is 4.94. The number of rotatable bonds is 6. The third kappa shape index (κ3) is 3.52. The molecule has 5 nitrogen and oxygen atoms in total. The van der Waals surface area contributed by atoms with Crippen molar-refractivity contribution in [3.8, 4) is 0 Å². The van der Waals surface area contributed by atoms with Crippen LogP contribution in [0.15, 0.2) is 12.4 Å². The van der Waals surface area contributed by atoms with Gasteiger partial charge < -0.3 is 19.1 Å². The lowest BCUT2D eigenvalue weighted by molar-refractivity contribution is -0.0701. The Morgan fingerprint density at radius 1 is 1.53 bits per heavy atom. The molecule has 17 heavy (non-hydrogen) atoms. The number of nitrogens with zero attached hydrogens (tertiary/aromatic N) is 2. The van der Waals surface area contributed by atoms with Gasteiger partial charge in [-0.25, -0.2) is 4.98 Å². The third-order valence-electron chi connectivity index (χ3n) is 2.84. The van der Waals surface area contributed by atoms with E-state index in [9.17, 15) is 5.11 Å².